The number of anilines is 1. The fourth-order valence-electron chi connectivity index (χ4n) is 1.90. The summed E-state index contributed by atoms with van der Waals surface area (Å²) >= 11 is 0. The number of para-hydroxylation sites is 1. The summed E-state index contributed by atoms with van der Waals surface area (Å²) in [6.07, 6.45) is 0. The van der Waals surface area contributed by atoms with Gasteiger partial charge in [0, 0.05) is 26.2 Å². The fraction of sp³-hybridized carbons (Fsp3) is 0.455. The van der Waals surface area contributed by atoms with Gasteiger partial charge in [0.05, 0.1) is 5.69 Å². The van der Waals surface area contributed by atoms with E-state index in [0.29, 0.717) is 0 Å². The van der Waals surface area contributed by atoms with Gasteiger partial charge < -0.3 is 9.80 Å². The lowest BCUT2D eigenvalue weighted by Crippen LogP contribution is -2.45. The van der Waals surface area contributed by atoms with Gasteiger partial charge in [0.25, 0.3) is 0 Å². The van der Waals surface area contributed by atoms with E-state index in [9.17, 15) is 4.39 Å². The Hall–Kier alpha value is -0.660. The zero-order valence-corrected chi connectivity index (χ0v) is 10.1. The SMILES string of the molecule is CN1CCN(c2c(F)cccc2P)CC1. The largest absolute Gasteiger partial charge is 0.366 e. The van der Waals surface area contributed by atoms with Crippen molar-refractivity contribution in [2.45, 2.75) is 0 Å². The molecule has 0 bridgehead atoms. The molecular formula is C11H16FN2P. The molecule has 2 rings (SSSR count). The highest BCUT2D eigenvalue weighted by atomic mass is 31.0. The maximum atomic E-state index is 13.7. The number of likely N-dealkylation sites (N-methyl/N-ethyl adjacent to an activating group) is 1. The first-order valence-corrected chi connectivity index (χ1v) is 5.73. The van der Waals surface area contributed by atoms with Crippen molar-refractivity contribution in [1.82, 2.24) is 4.90 Å². The van der Waals surface area contributed by atoms with E-state index in [1.165, 1.54) is 6.07 Å². The molecule has 1 aromatic carbocycles. The summed E-state index contributed by atoms with van der Waals surface area (Å²) in [6, 6.07) is 5.21. The first kappa shape index (κ1) is 10.8. The van der Waals surface area contributed by atoms with E-state index < -0.39 is 0 Å². The lowest BCUT2D eigenvalue weighted by molar-refractivity contribution is 0.312. The van der Waals surface area contributed by atoms with Crippen LogP contribution in [0.25, 0.3) is 0 Å². The second-order valence-electron chi connectivity index (χ2n) is 3.97. The normalized spacial score (nSPS) is 18.2. The Labute approximate surface area is 92.3 Å². The van der Waals surface area contributed by atoms with Crippen LogP contribution in [0.1, 0.15) is 0 Å². The van der Waals surface area contributed by atoms with Gasteiger partial charge in [0.15, 0.2) is 0 Å². The first-order chi connectivity index (χ1) is 7.18. The van der Waals surface area contributed by atoms with Crippen molar-refractivity contribution in [2.75, 3.05) is 38.1 Å². The number of hydrogen-bond acceptors (Lipinski definition) is 2. The van der Waals surface area contributed by atoms with E-state index >= 15 is 0 Å². The van der Waals surface area contributed by atoms with Crippen LogP contribution < -0.4 is 10.2 Å². The first-order valence-electron chi connectivity index (χ1n) is 5.16. The van der Waals surface area contributed by atoms with Crippen molar-refractivity contribution >= 4 is 20.2 Å². The number of hydrogen-bond donors (Lipinski definition) is 0. The molecule has 1 aromatic rings. The minimum absolute atomic E-state index is 0.118. The summed E-state index contributed by atoms with van der Waals surface area (Å²) in [5.41, 5.74) is 0.746. The lowest BCUT2D eigenvalue weighted by Gasteiger charge is -2.34. The molecule has 0 N–H and O–H groups in total. The Kier molecular flexibility index (Phi) is 3.22. The molecule has 0 aliphatic carbocycles. The number of rotatable bonds is 1. The number of benzene rings is 1. The van der Waals surface area contributed by atoms with Gasteiger partial charge in [-0.05, 0) is 18.4 Å². The standard InChI is InChI=1S/C11H16FN2P/c1-13-5-7-14(8-6-13)11-9(12)3-2-4-10(11)15/h2-4H,5-8,15H2,1H3. The summed E-state index contributed by atoms with van der Waals surface area (Å²) in [7, 11) is 4.70. The highest BCUT2D eigenvalue weighted by Crippen LogP contribution is 2.19. The Bertz CT molecular complexity index is 328. The number of halogens is 1. The Morgan fingerprint density at radius 2 is 1.87 bits per heavy atom. The molecular weight excluding hydrogens is 210 g/mol. The van der Waals surface area contributed by atoms with Crippen LogP contribution in [0.4, 0.5) is 10.1 Å². The molecule has 0 saturated carbocycles. The lowest BCUT2D eigenvalue weighted by atomic mass is 10.2. The second-order valence-corrected chi connectivity index (χ2v) is 4.59. The molecule has 1 fully saturated rings. The maximum Gasteiger partial charge on any atom is 0.147 e. The van der Waals surface area contributed by atoms with Crippen LogP contribution in [0, 0.1) is 5.82 Å². The van der Waals surface area contributed by atoms with E-state index in [1.807, 2.05) is 6.07 Å². The second kappa shape index (κ2) is 4.46. The van der Waals surface area contributed by atoms with Gasteiger partial charge in [-0.2, -0.15) is 0 Å². The molecule has 0 radical (unpaired) electrons. The van der Waals surface area contributed by atoms with E-state index in [1.54, 1.807) is 6.07 Å². The summed E-state index contributed by atoms with van der Waals surface area (Å²) in [6.45, 7) is 3.80. The van der Waals surface area contributed by atoms with Crippen LogP contribution in [0.5, 0.6) is 0 Å². The van der Waals surface area contributed by atoms with Crippen molar-refractivity contribution in [3.05, 3.63) is 24.0 Å². The number of piperazine rings is 1. The molecule has 1 aliphatic rings. The molecule has 0 amide bonds. The zero-order chi connectivity index (χ0) is 10.8. The van der Waals surface area contributed by atoms with Gasteiger partial charge in [-0.3, -0.25) is 0 Å². The molecule has 2 nitrogen and oxygen atoms in total. The Morgan fingerprint density at radius 1 is 1.20 bits per heavy atom. The van der Waals surface area contributed by atoms with Gasteiger partial charge >= 0.3 is 0 Å². The Balaban J connectivity index is 2.22. The van der Waals surface area contributed by atoms with E-state index in [4.69, 9.17) is 0 Å². The number of nitrogens with zero attached hydrogens (tertiary/aromatic N) is 2. The van der Waals surface area contributed by atoms with Gasteiger partial charge in [0.2, 0.25) is 0 Å². The summed E-state index contributed by atoms with van der Waals surface area (Å²) in [4.78, 5) is 4.39. The topological polar surface area (TPSA) is 6.48 Å². The van der Waals surface area contributed by atoms with Gasteiger partial charge in [0.1, 0.15) is 5.82 Å². The molecule has 0 spiro atoms. The monoisotopic (exact) mass is 226 g/mol. The maximum absolute atomic E-state index is 13.7. The van der Waals surface area contributed by atoms with Crippen LogP contribution >= 0.6 is 9.24 Å². The molecule has 1 unspecified atom stereocenters. The summed E-state index contributed by atoms with van der Waals surface area (Å²) < 4.78 is 13.7. The van der Waals surface area contributed by atoms with E-state index in [-0.39, 0.29) is 5.82 Å². The minimum atomic E-state index is -0.118. The third-order valence-electron chi connectivity index (χ3n) is 2.84. The average molecular weight is 226 g/mol. The van der Waals surface area contributed by atoms with Crippen molar-refractivity contribution < 1.29 is 4.39 Å². The molecule has 1 aliphatic heterocycles. The van der Waals surface area contributed by atoms with Crippen LogP contribution in [0.3, 0.4) is 0 Å². The smallest absolute Gasteiger partial charge is 0.147 e. The van der Waals surface area contributed by atoms with E-state index in [2.05, 4.69) is 26.1 Å². The molecule has 4 heteroatoms. The van der Waals surface area contributed by atoms with Crippen molar-refractivity contribution in [1.29, 1.82) is 0 Å². The molecule has 1 saturated heterocycles. The van der Waals surface area contributed by atoms with Gasteiger partial charge in [-0.1, -0.05) is 12.1 Å². The fourth-order valence-corrected chi connectivity index (χ4v) is 2.33. The van der Waals surface area contributed by atoms with Crippen LogP contribution in [-0.4, -0.2) is 38.1 Å². The minimum Gasteiger partial charge on any atom is -0.366 e. The zero-order valence-electron chi connectivity index (χ0n) is 8.91. The van der Waals surface area contributed by atoms with Crippen LogP contribution in [-0.2, 0) is 0 Å². The molecule has 1 atom stereocenters. The molecule has 82 valence electrons. The Morgan fingerprint density at radius 3 is 2.47 bits per heavy atom. The van der Waals surface area contributed by atoms with Crippen LogP contribution in [0.2, 0.25) is 0 Å². The van der Waals surface area contributed by atoms with Gasteiger partial charge in [-0.15, -0.1) is 9.24 Å². The third-order valence-corrected chi connectivity index (χ3v) is 3.30. The average Bonchev–Trinajstić information content (AvgIpc) is 2.20. The molecule has 1 heterocycles. The van der Waals surface area contributed by atoms with Crippen molar-refractivity contribution in [2.24, 2.45) is 0 Å². The highest BCUT2D eigenvalue weighted by Gasteiger charge is 2.18. The van der Waals surface area contributed by atoms with Gasteiger partial charge in [-0.25, -0.2) is 4.39 Å². The summed E-state index contributed by atoms with van der Waals surface area (Å²) in [5, 5.41) is 0.944. The molecule has 15 heavy (non-hydrogen) atoms. The quantitative estimate of drug-likeness (QED) is 0.661. The third kappa shape index (κ3) is 2.30. The predicted octanol–water partition coefficient (Wildman–Crippen LogP) is 1.08. The van der Waals surface area contributed by atoms with Crippen molar-refractivity contribution in [3.8, 4) is 0 Å². The van der Waals surface area contributed by atoms with Crippen LogP contribution in [0.15, 0.2) is 18.2 Å². The molecule has 0 aromatic heterocycles. The van der Waals surface area contributed by atoms with Crippen molar-refractivity contribution in [3.63, 3.8) is 0 Å². The summed E-state index contributed by atoms with van der Waals surface area (Å²) in [5.74, 6) is -0.118. The predicted molar refractivity (Wildman–Crippen MR) is 65.5 cm³/mol. The van der Waals surface area contributed by atoms with E-state index in [0.717, 1.165) is 37.2 Å². The highest BCUT2D eigenvalue weighted by molar-refractivity contribution is 7.28.